The number of rotatable bonds is 10. The molecule has 1 aromatic rings. The van der Waals surface area contributed by atoms with Gasteiger partial charge in [-0.1, -0.05) is 31.0 Å². The third-order valence-corrected chi connectivity index (χ3v) is 5.71. The maximum atomic E-state index is 12.7. The molecule has 1 aromatic carbocycles. The third kappa shape index (κ3) is 6.94. The second-order valence-corrected chi connectivity index (χ2v) is 8.27. The van der Waals surface area contributed by atoms with E-state index in [1.807, 2.05) is 20.2 Å². The first-order valence-electron chi connectivity index (χ1n) is 11.0. The zero-order chi connectivity index (χ0) is 21.1. The number of amides is 1. The first-order chi connectivity index (χ1) is 14.0. The number of carbonyl (C=O) groups is 1. The molecular weight excluding hydrogens is 362 g/mol. The zero-order valence-electron chi connectivity index (χ0n) is 18.7. The van der Waals surface area contributed by atoms with Crippen LogP contribution in [0.15, 0.2) is 35.3 Å². The molecule has 0 spiro atoms. The van der Waals surface area contributed by atoms with Gasteiger partial charge >= 0.3 is 0 Å². The molecule has 1 saturated carbocycles. The van der Waals surface area contributed by atoms with E-state index in [2.05, 4.69) is 53.8 Å². The van der Waals surface area contributed by atoms with Crippen molar-refractivity contribution < 1.29 is 4.79 Å². The molecule has 2 N–H and O–H groups in total. The lowest BCUT2D eigenvalue weighted by Crippen LogP contribution is -2.43. The molecule has 162 valence electrons. The Kier molecular flexibility index (Phi) is 9.29. The summed E-state index contributed by atoms with van der Waals surface area (Å²) in [6.45, 7) is 5.36. The molecule has 1 aliphatic carbocycles. The Labute approximate surface area is 176 Å². The van der Waals surface area contributed by atoms with Gasteiger partial charge in [0.25, 0.3) is 0 Å². The predicted octanol–water partition coefficient (Wildman–Crippen LogP) is 3.11. The van der Waals surface area contributed by atoms with E-state index in [9.17, 15) is 4.79 Å². The van der Waals surface area contributed by atoms with Crippen LogP contribution in [0.2, 0.25) is 0 Å². The summed E-state index contributed by atoms with van der Waals surface area (Å²) in [5, 5.41) is 6.76. The van der Waals surface area contributed by atoms with Crippen molar-refractivity contribution in [1.82, 2.24) is 15.5 Å². The van der Waals surface area contributed by atoms with Crippen LogP contribution in [-0.4, -0.2) is 64.1 Å². The number of benzene rings is 1. The molecule has 0 radical (unpaired) electrons. The van der Waals surface area contributed by atoms with Gasteiger partial charge in [0, 0.05) is 46.5 Å². The van der Waals surface area contributed by atoms with E-state index in [0.29, 0.717) is 6.54 Å². The van der Waals surface area contributed by atoms with E-state index in [1.165, 1.54) is 5.69 Å². The molecule has 0 unspecified atom stereocenters. The lowest BCUT2D eigenvalue weighted by molar-refractivity contribution is -0.138. The van der Waals surface area contributed by atoms with Crippen LogP contribution in [0.3, 0.4) is 0 Å². The van der Waals surface area contributed by atoms with E-state index in [4.69, 9.17) is 4.99 Å². The predicted molar refractivity (Wildman–Crippen MR) is 123 cm³/mol. The first-order valence-corrected chi connectivity index (χ1v) is 11.0. The number of nitrogens with zero attached hydrogens (tertiary/aromatic N) is 3. The molecule has 0 atom stereocenters. The van der Waals surface area contributed by atoms with Gasteiger partial charge in [0.2, 0.25) is 5.91 Å². The summed E-state index contributed by atoms with van der Waals surface area (Å²) < 4.78 is 0. The van der Waals surface area contributed by atoms with Gasteiger partial charge in [-0.3, -0.25) is 9.79 Å². The summed E-state index contributed by atoms with van der Waals surface area (Å²) in [5.41, 5.74) is 0.937. The number of aliphatic imine (C=N–C) groups is 1. The van der Waals surface area contributed by atoms with E-state index in [-0.39, 0.29) is 11.3 Å². The summed E-state index contributed by atoms with van der Waals surface area (Å²) in [6.07, 6.45) is 6.31. The van der Waals surface area contributed by atoms with Crippen LogP contribution in [0, 0.1) is 5.41 Å². The maximum absolute atomic E-state index is 12.7. The fourth-order valence-corrected chi connectivity index (χ4v) is 4.03. The number of nitrogens with one attached hydrogen (secondary N) is 2. The Hall–Kier alpha value is -2.24. The minimum atomic E-state index is -0.315. The van der Waals surface area contributed by atoms with Gasteiger partial charge in [0.05, 0.1) is 12.0 Å². The smallest absolute Gasteiger partial charge is 0.230 e. The number of hydrogen-bond donors (Lipinski definition) is 2. The Morgan fingerprint density at radius 2 is 1.76 bits per heavy atom. The molecule has 0 saturated heterocycles. The second kappa shape index (κ2) is 11.7. The number of anilines is 1. The van der Waals surface area contributed by atoms with Gasteiger partial charge in [-0.25, -0.2) is 0 Å². The normalized spacial score (nSPS) is 15.8. The summed E-state index contributed by atoms with van der Waals surface area (Å²) in [4.78, 5) is 21.5. The minimum absolute atomic E-state index is 0.221. The number of para-hydroxylation sites is 1. The molecule has 2 rings (SSSR count). The summed E-state index contributed by atoms with van der Waals surface area (Å²) in [5.74, 6) is 1.04. The topological polar surface area (TPSA) is 60.0 Å². The number of hydrogen-bond acceptors (Lipinski definition) is 3. The van der Waals surface area contributed by atoms with Crippen molar-refractivity contribution in [1.29, 1.82) is 0 Å². The van der Waals surface area contributed by atoms with Crippen LogP contribution in [-0.2, 0) is 4.79 Å². The Bertz CT molecular complexity index is 638. The van der Waals surface area contributed by atoms with E-state index >= 15 is 0 Å². The SMILES string of the molecule is CCNC(=NCC1(C(=O)N(C)C)CCCC1)NCCCCN(C)c1ccccc1. The van der Waals surface area contributed by atoms with Crippen molar-refractivity contribution >= 4 is 17.6 Å². The standard InChI is InChI=1S/C23H39N5O/c1-5-24-22(26-19-23(15-9-10-16-23)21(29)27(2)3)25-17-11-12-18-28(4)20-13-7-6-8-14-20/h6-8,13-14H,5,9-12,15-19H2,1-4H3,(H2,24,25,26). The third-order valence-electron chi connectivity index (χ3n) is 5.71. The molecule has 1 fully saturated rings. The minimum Gasteiger partial charge on any atom is -0.375 e. The molecule has 0 heterocycles. The van der Waals surface area contributed by atoms with Crippen molar-refractivity contribution in [2.75, 3.05) is 52.2 Å². The lowest BCUT2D eigenvalue weighted by atomic mass is 9.85. The molecule has 0 bridgehead atoms. The van der Waals surface area contributed by atoms with Crippen molar-refractivity contribution in [2.45, 2.75) is 45.4 Å². The molecule has 1 aliphatic rings. The first kappa shape index (κ1) is 23.0. The monoisotopic (exact) mass is 401 g/mol. The number of carbonyl (C=O) groups excluding carboxylic acids is 1. The molecule has 6 nitrogen and oxygen atoms in total. The maximum Gasteiger partial charge on any atom is 0.230 e. The average Bonchev–Trinajstić information content (AvgIpc) is 3.21. The molecular formula is C23H39N5O. The van der Waals surface area contributed by atoms with Gasteiger partial charge in [-0.05, 0) is 44.7 Å². The Morgan fingerprint density at radius 3 is 2.38 bits per heavy atom. The number of guanidine groups is 1. The summed E-state index contributed by atoms with van der Waals surface area (Å²) in [7, 11) is 5.83. The fourth-order valence-electron chi connectivity index (χ4n) is 4.03. The zero-order valence-corrected chi connectivity index (χ0v) is 18.7. The highest BCUT2D eigenvalue weighted by Gasteiger charge is 2.42. The van der Waals surface area contributed by atoms with Crippen LogP contribution < -0.4 is 15.5 Å². The van der Waals surface area contributed by atoms with Crippen LogP contribution in [0.1, 0.15) is 45.4 Å². The summed E-state index contributed by atoms with van der Waals surface area (Å²) in [6, 6.07) is 10.5. The van der Waals surface area contributed by atoms with Crippen molar-refractivity contribution in [3.8, 4) is 0 Å². The van der Waals surface area contributed by atoms with Gasteiger partial charge in [0.15, 0.2) is 5.96 Å². The highest BCUT2D eigenvalue weighted by molar-refractivity contribution is 5.84. The van der Waals surface area contributed by atoms with E-state index in [0.717, 1.165) is 64.1 Å². The summed E-state index contributed by atoms with van der Waals surface area (Å²) >= 11 is 0. The van der Waals surface area contributed by atoms with Crippen LogP contribution in [0.5, 0.6) is 0 Å². The largest absolute Gasteiger partial charge is 0.375 e. The molecule has 0 aliphatic heterocycles. The molecule has 0 aromatic heterocycles. The van der Waals surface area contributed by atoms with Gasteiger partial charge in [-0.2, -0.15) is 0 Å². The lowest BCUT2D eigenvalue weighted by Gasteiger charge is -2.29. The van der Waals surface area contributed by atoms with Crippen molar-refractivity contribution in [2.24, 2.45) is 10.4 Å². The van der Waals surface area contributed by atoms with Crippen molar-refractivity contribution in [3.05, 3.63) is 30.3 Å². The van der Waals surface area contributed by atoms with Gasteiger partial charge in [0.1, 0.15) is 0 Å². The average molecular weight is 402 g/mol. The molecule has 1 amide bonds. The highest BCUT2D eigenvalue weighted by Crippen LogP contribution is 2.39. The number of unbranched alkanes of at least 4 members (excludes halogenated alkanes) is 1. The fraction of sp³-hybridized carbons (Fsp3) is 0.652. The van der Waals surface area contributed by atoms with Gasteiger partial charge < -0.3 is 20.4 Å². The highest BCUT2D eigenvalue weighted by atomic mass is 16.2. The van der Waals surface area contributed by atoms with E-state index < -0.39 is 0 Å². The van der Waals surface area contributed by atoms with E-state index in [1.54, 1.807) is 4.90 Å². The second-order valence-electron chi connectivity index (χ2n) is 8.27. The van der Waals surface area contributed by atoms with Gasteiger partial charge in [-0.15, -0.1) is 0 Å². The van der Waals surface area contributed by atoms with Crippen molar-refractivity contribution in [3.63, 3.8) is 0 Å². The van der Waals surface area contributed by atoms with Crippen LogP contribution in [0.4, 0.5) is 5.69 Å². The van der Waals surface area contributed by atoms with Crippen LogP contribution >= 0.6 is 0 Å². The molecule has 6 heteroatoms. The van der Waals surface area contributed by atoms with Crippen LogP contribution in [0.25, 0.3) is 0 Å². The molecule has 29 heavy (non-hydrogen) atoms. The Morgan fingerprint density at radius 1 is 1.07 bits per heavy atom. The Balaban J connectivity index is 1.80. The quantitative estimate of drug-likeness (QED) is 0.359.